The van der Waals surface area contributed by atoms with E-state index in [2.05, 4.69) is 15.5 Å². The van der Waals surface area contributed by atoms with Crippen molar-refractivity contribution in [1.29, 1.82) is 0 Å². The van der Waals surface area contributed by atoms with E-state index in [0.29, 0.717) is 12.5 Å². The van der Waals surface area contributed by atoms with Crippen LogP contribution in [-0.4, -0.2) is 26.8 Å². The van der Waals surface area contributed by atoms with Crippen molar-refractivity contribution < 1.29 is 0 Å². The minimum absolute atomic E-state index is 0.565. The molecule has 1 fully saturated rings. The molecule has 1 aromatic rings. The average Bonchev–Trinajstić information content (AvgIpc) is 2.60. The van der Waals surface area contributed by atoms with Crippen LogP contribution in [0, 0.1) is 0 Å². The first kappa shape index (κ1) is 11.5. The van der Waals surface area contributed by atoms with Crippen LogP contribution in [-0.2, 0) is 6.54 Å². The van der Waals surface area contributed by atoms with E-state index in [9.17, 15) is 0 Å². The van der Waals surface area contributed by atoms with Crippen molar-refractivity contribution in [3.63, 3.8) is 0 Å². The number of hydrogen-bond acceptors (Lipinski definition) is 4. The quantitative estimate of drug-likeness (QED) is 0.784. The van der Waals surface area contributed by atoms with E-state index in [1.54, 1.807) is 0 Å². The van der Waals surface area contributed by atoms with E-state index in [-0.39, 0.29) is 0 Å². The van der Waals surface area contributed by atoms with Crippen molar-refractivity contribution in [2.24, 2.45) is 5.73 Å². The van der Waals surface area contributed by atoms with Crippen LogP contribution in [0.3, 0.4) is 0 Å². The lowest BCUT2D eigenvalue weighted by Crippen LogP contribution is -2.13. The van der Waals surface area contributed by atoms with Gasteiger partial charge in [0.25, 0.3) is 0 Å². The summed E-state index contributed by atoms with van der Waals surface area (Å²) in [5.41, 5.74) is 5.52. The number of aryl methyl sites for hydroxylation is 1. The van der Waals surface area contributed by atoms with Gasteiger partial charge in [0, 0.05) is 12.5 Å². The highest BCUT2D eigenvalue weighted by molar-refractivity contribution is 4.94. The lowest BCUT2D eigenvalue weighted by Gasteiger charge is -2.13. The van der Waals surface area contributed by atoms with Crippen molar-refractivity contribution in [2.75, 3.05) is 6.54 Å². The number of aromatic nitrogens is 4. The maximum absolute atomic E-state index is 5.52. The summed E-state index contributed by atoms with van der Waals surface area (Å²) < 4.78 is 1.95. The predicted molar refractivity (Wildman–Crippen MR) is 61.9 cm³/mol. The van der Waals surface area contributed by atoms with Gasteiger partial charge in [0.05, 0.1) is 0 Å². The van der Waals surface area contributed by atoms with Gasteiger partial charge in [-0.25, -0.2) is 4.68 Å². The Morgan fingerprint density at radius 1 is 1.19 bits per heavy atom. The van der Waals surface area contributed by atoms with Gasteiger partial charge in [0.15, 0.2) is 5.82 Å². The van der Waals surface area contributed by atoms with Crippen LogP contribution in [0.2, 0.25) is 0 Å². The van der Waals surface area contributed by atoms with Crippen molar-refractivity contribution >= 4 is 0 Å². The molecular formula is C11H21N5. The largest absolute Gasteiger partial charge is 0.330 e. The Morgan fingerprint density at radius 2 is 1.94 bits per heavy atom. The molecule has 0 spiro atoms. The van der Waals surface area contributed by atoms with E-state index in [0.717, 1.165) is 18.8 Å². The molecule has 0 aliphatic heterocycles. The van der Waals surface area contributed by atoms with E-state index in [1.165, 1.54) is 38.5 Å². The topological polar surface area (TPSA) is 69.6 Å². The van der Waals surface area contributed by atoms with Crippen LogP contribution in [0.4, 0.5) is 0 Å². The summed E-state index contributed by atoms with van der Waals surface area (Å²) in [6.07, 6.45) is 8.78. The predicted octanol–water partition coefficient (Wildman–Crippen LogP) is 1.46. The Morgan fingerprint density at radius 3 is 2.62 bits per heavy atom. The van der Waals surface area contributed by atoms with Crippen molar-refractivity contribution in [3.8, 4) is 0 Å². The average molecular weight is 223 g/mol. The molecule has 1 aliphatic carbocycles. The van der Waals surface area contributed by atoms with Crippen LogP contribution in [0.15, 0.2) is 0 Å². The van der Waals surface area contributed by atoms with E-state index in [1.807, 2.05) is 4.68 Å². The van der Waals surface area contributed by atoms with Gasteiger partial charge >= 0.3 is 0 Å². The first-order chi connectivity index (χ1) is 7.92. The zero-order valence-electron chi connectivity index (χ0n) is 9.81. The minimum atomic E-state index is 0.565. The molecule has 1 heterocycles. The molecule has 0 unspecified atom stereocenters. The standard InChI is InChI=1S/C11H21N5/c12-8-5-9-16-11(13-14-15-16)10-6-3-1-2-4-7-10/h10H,1-9,12H2. The molecule has 0 saturated heterocycles. The van der Waals surface area contributed by atoms with Gasteiger partial charge < -0.3 is 5.73 Å². The number of hydrogen-bond donors (Lipinski definition) is 1. The molecule has 16 heavy (non-hydrogen) atoms. The van der Waals surface area contributed by atoms with E-state index in [4.69, 9.17) is 5.73 Å². The fraction of sp³-hybridized carbons (Fsp3) is 0.909. The van der Waals surface area contributed by atoms with E-state index < -0.39 is 0 Å². The Balaban J connectivity index is 2.03. The molecular weight excluding hydrogens is 202 g/mol. The monoisotopic (exact) mass is 223 g/mol. The second-order valence-corrected chi connectivity index (χ2v) is 4.59. The summed E-state index contributed by atoms with van der Waals surface area (Å²) in [6.45, 7) is 1.55. The Kier molecular flexibility index (Phi) is 4.27. The first-order valence-electron chi connectivity index (χ1n) is 6.38. The smallest absolute Gasteiger partial charge is 0.154 e. The van der Waals surface area contributed by atoms with Gasteiger partial charge in [-0.3, -0.25) is 0 Å². The minimum Gasteiger partial charge on any atom is -0.330 e. The fourth-order valence-electron chi connectivity index (χ4n) is 2.44. The van der Waals surface area contributed by atoms with Gasteiger partial charge in [-0.1, -0.05) is 25.7 Å². The maximum Gasteiger partial charge on any atom is 0.154 e. The molecule has 5 nitrogen and oxygen atoms in total. The van der Waals surface area contributed by atoms with Crippen LogP contribution in [0.1, 0.15) is 56.7 Å². The van der Waals surface area contributed by atoms with Gasteiger partial charge in [-0.05, 0) is 36.2 Å². The summed E-state index contributed by atoms with van der Waals surface area (Å²) in [5, 5.41) is 12.1. The summed E-state index contributed by atoms with van der Waals surface area (Å²) in [4.78, 5) is 0. The SMILES string of the molecule is NCCCn1nnnc1C1CCCCCC1. The highest BCUT2D eigenvalue weighted by Crippen LogP contribution is 2.29. The van der Waals surface area contributed by atoms with Crippen LogP contribution >= 0.6 is 0 Å². The number of tetrazole rings is 1. The second-order valence-electron chi connectivity index (χ2n) is 4.59. The lowest BCUT2D eigenvalue weighted by atomic mass is 9.99. The highest BCUT2D eigenvalue weighted by atomic mass is 15.5. The lowest BCUT2D eigenvalue weighted by molar-refractivity contribution is 0.483. The Bertz CT molecular complexity index is 301. The third-order valence-corrected chi connectivity index (χ3v) is 3.35. The molecule has 2 rings (SSSR count). The molecule has 0 amide bonds. The van der Waals surface area contributed by atoms with Gasteiger partial charge in [-0.15, -0.1) is 5.10 Å². The highest BCUT2D eigenvalue weighted by Gasteiger charge is 2.20. The number of rotatable bonds is 4. The maximum atomic E-state index is 5.52. The normalized spacial score (nSPS) is 18.6. The van der Waals surface area contributed by atoms with Gasteiger partial charge in [0.1, 0.15) is 0 Å². The van der Waals surface area contributed by atoms with Crippen LogP contribution < -0.4 is 5.73 Å². The van der Waals surface area contributed by atoms with Crippen molar-refractivity contribution in [2.45, 2.75) is 57.4 Å². The summed E-state index contributed by atoms with van der Waals surface area (Å²) in [6, 6.07) is 0. The fourth-order valence-corrected chi connectivity index (χ4v) is 2.44. The zero-order chi connectivity index (χ0) is 11.2. The number of nitrogens with two attached hydrogens (primary N) is 1. The Labute approximate surface area is 96.4 Å². The molecule has 5 heteroatoms. The third-order valence-electron chi connectivity index (χ3n) is 3.35. The molecule has 2 N–H and O–H groups in total. The molecule has 0 atom stereocenters. The summed E-state index contributed by atoms with van der Waals surface area (Å²) >= 11 is 0. The molecule has 1 aromatic heterocycles. The van der Waals surface area contributed by atoms with Gasteiger partial charge in [-0.2, -0.15) is 0 Å². The summed E-state index contributed by atoms with van der Waals surface area (Å²) in [5.74, 6) is 1.64. The molecule has 0 bridgehead atoms. The van der Waals surface area contributed by atoms with Gasteiger partial charge in [0.2, 0.25) is 0 Å². The Hall–Kier alpha value is -0.970. The molecule has 0 aromatic carbocycles. The number of nitrogens with zero attached hydrogens (tertiary/aromatic N) is 4. The van der Waals surface area contributed by atoms with Crippen molar-refractivity contribution in [1.82, 2.24) is 20.2 Å². The molecule has 1 saturated carbocycles. The molecule has 90 valence electrons. The van der Waals surface area contributed by atoms with E-state index >= 15 is 0 Å². The molecule has 0 radical (unpaired) electrons. The first-order valence-corrected chi connectivity index (χ1v) is 6.38. The second kappa shape index (κ2) is 5.94. The zero-order valence-corrected chi connectivity index (χ0v) is 9.81. The summed E-state index contributed by atoms with van der Waals surface area (Å²) in [7, 11) is 0. The van der Waals surface area contributed by atoms with Crippen molar-refractivity contribution in [3.05, 3.63) is 5.82 Å². The molecule has 1 aliphatic rings. The third kappa shape index (κ3) is 2.78. The van der Waals surface area contributed by atoms with Crippen LogP contribution in [0.5, 0.6) is 0 Å². The van der Waals surface area contributed by atoms with Crippen LogP contribution in [0.25, 0.3) is 0 Å².